The Bertz CT molecular complexity index is 745. The number of fused-ring (bicyclic) bond motifs is 1. The van der Waals surface area contributed by atoms with E-state index >= 15 is 0 Å². The molecule has 7 heteroatoms. The van der Waals surface area contributed by atoms with Gasteiger partial charge in [-0.2, -0.15) is 9.78 Å². The molecule has 2 N–H and O–H groups in total. The molecule has 2 aromatic heterocycles. The van der Waals surface area contributed by atoms with Crippen LogP contribution in [0, 0.1) is 0 Å². The van der Waals surface area contributed by atoms with Gasteiger partial charge in [0.15, 0.2) is 0 Å². The summed E-state index contributed by atoms with van der Waals surface area (Å²) < 4.78 is 7.42. The number of nitrogen functional groups attached to an aromatic ring is 1. The lowest BCUT2D eigenvalue weighted by Gasteiger charge is -2.01. The molecule has 2 heterocycles. The molecule has 20 heavy (non-hydrogen) atoms. The first-order chi connectivity index (χ1) is 9.70. The molecule has 0 aliphatic carbocycles. The van der Waals surface area contributed by atoms with E-state index in [-0.39, 0.29) is 11.4 Å². The van der Waals surface area contributed by atoms with Crippen LogP contribution in [0.2, 0.25) is 0 Å². The van der Waals surface area contributed by atoms with Crippen molar-refractivity contribution in [1.82, 2.24) is 14.8 Å². The van der Waals surface area contributed by atoms with Crippen LogP contribution < -0.4 is 5.73 Å². The van der Waals surface area contributed by atoms with Gasteiger partial charge in [-0.1, -0.05) is 23.5 Å². The minimum atomic E-state index is -0.475. The van der Waals surface area contributed by atoms with Gasteiger partial charge in [0.25, 0.3) is 0 Å². The number of aromatic nitrogens is 3. The first kappa shape index (κ1) is 12.6. The van der Waals surface area contributed by atoms with Crippen molar-refractivity contribution in [3.63, 3.8) is 0 Å². The molecule has 3 aromatic rings. The molecule has 3 rings (SSSR count). The molecular formula is C13H12N4O2S. The summed E-state index contributed by atoms with van der Waals surface area (Å²) in [5, 5.41) is 4.75. The smallest absolute Gasteiger partial charge is 0.343 e. The van der Waals surface area contributed by atoms with E-state index in [2.05, 4.69) is 10.1 Å². The van der Waals surface area contributed by atoms with Crippen molar-refractivity contribution >= 4 is 33.3 Å². The zero-order valence-corrected chi connectivity index (χ0v) is 11.6. The summed E-state index contributed by atoms with van der Waals surface area (Å²) in [5.41, 5.74) is 7.09. The molecule has 0 fully saturated rings. The van der Waals surface area contributed by atoms with Gasteiger partial charge in [0.05, 0.1) is 23.0 Å². The number of para-hydroxylation sites is 1. The van der Waals surface area contributed by atoms with Crippen LogP contribution in [0.4, 0.5) is 5.82 Å². The van der Waals surface area contributed by atoms with Crippen LogP contribution in [-0.4, -0.2) is 27.3 Å². The Balaban J connectivity index is 2.04. The molecule has 0 radical (unpaired) electrons. The van der Waals surface area contributed by atoms with Gasteiger partial charge in [-0.25, -0.2) is 9.78 Å². The number of nitrogens with two attached hydrogens (primary N) is 1. The van der Waals surface area contributed by atoms with E-state index in [1.165, 1.54) is 22.2 Å². The van der Waals surface area contributed by atoms with Crippen molar-refractivity contribution in [2.45, 2.75) is 6.92 Å². The Morgan fingerprint density at radius 1 is 1.45 bits per heavy atom. The number of anilines is 1. The highest BCUT2D eigenvalue weighted by Gasteiger charge is 2.18. The third-order valence-corrected chi connectivity index (χ3v) is 3.78. The Labute approximate surface area is 118 Å². The van der Waals surface area contributed by atoms with Crippen molar-refractivity contribution in [2.75, 3.05) is 12.3 Å². The number of hydrogen-bond acceptors (Lipinski definition) is 6. The average Bonchev–Trinajstić information content (AvgIpc) is 3.01. The zero-order chi connectivity index (χ0) is 14.1. The monoisotopic (exact) mass is 288 g/mol. The maximum absolute atomic E-state index is 11.7. The largest absolute Gasteiger partial charge is 0.462 e. The summed E-state index contributed by atoms with van der Waals surface area (Å²) in [5.74, 6) is -0.236. The van der Waals surface area contributed by atoms with Gasteiger partial charge in [0.1, 0.15) is 11.4 Å². The molecular weight excluding hydrogens is 276 g/mol. The minimum absolute atomic E-state index is 0.238. The number of carbonyl (C=O) groups is 1. The zero-order valence-electron chi connectivity index (χ0n) is 10.7. The van der Waals surface area contributed by atoms with Gasteiger partial charge < -0.3 is 10.5 Å². The molecule has 0 atom stereocenters. The summed E-state index contributed by atoms with van der Waals surface area (Å²) in [6, 6.07) is 7.76. The molecule has 0 unspecified atom stereocenters. The summed E-state index contributed by atoms with van der Waals surface area (Å²) in [6.45, 7) is 2.04. The molecule has 0 aliphatic rings. The van der Waals surface area contributed by atoms with E-state index in [1.54, 1.807) is 6.92 Å². The number of nitrogens with zero attached hydrogens (tertiary/aromatic N) is 3. The second-order valence-corrected chi connectivity index (χ2v) is 5.05. The highest BCUT2D eigenvalue weighted by atomic mass is 32.1. The second-order valence-electron chi connectivity index (χ2n) is 4.04. The molecule has 0 bridgehead atoms. The molecule has 6 nitrogen and oxygen atoms in total. The van der Waals surface area contributed by atoms with Crippen molar-refractivity contribution in [3.8, 4) is 5.13 Å². The van der Waals surface area contributed by atoms with Crippen molar-refractivity contribution in [3.05, 3.63) is 36.0 Å². The highest BCUT2D eigenvalue weighted by Crippen LogP contribution is 2.26. The number of esters is 1. The lowest BCUT2D eigenvalue weighted by Crippen LogP contribution is -2.08. The Hall–Kier alpha value is -2.41. The number of ether oxygens (including phenoxy) is 1. The van der Waals surface area contributed by atoms with Crippen LogP contribution >= 0.6 is 11.3 Å². The van der Waals surface area contributed by atoms with Gasteiger partial charge in [-0.15, -0.1) is 0 Å². The average molecular weight is 288 g/mol. The predicted molar refractivity (Wildman–Crippen MR) is 77.1 cm³/mol. The lowest BCUT2D eigenvalue weighted by atomic mass is 10.3. The first-order valence-corrected chi connectivity index (χ1v) is 6.89. The van der Waals surface area contributed by atoms with E-state index in [9.17, 15) is 4.79 Å². The summed E-state index contributed by atoms with van der Waals surface area (Å²) in [4.78, 5) is 16.2. The third-order valence-electron chi connectivity index (χ3n) is 2.77. The number of thiazole rings is 1. The standard InChI is InChI=1S/C13H12N4O2S/c1-2-19-12(18)8-7-15-17(11(8)14)13-16-9-5-3-4-6-10(9)20-13/h3-7H,2,14H2,1H3. The SMILES string of the molecule is CCOC(=O)c1cnn(-c2nc3ccccc3s2)c1N. The number of carbonyl (C=O) groups excluding carboxylic acids is 1. The maximum atomic E-state index is 11.7. The Kier molecular flexibility index (Phi) is 3.11. The van der Waals surface area contributed by atoms with Crippen LogP contribution in [0.5, 0.6) is 0 Å². The Morgan fingerprint density at radius 3 is 3.00 bits per heavy atom. The fourth-order valence-electron chi connectivity index (χ4n) is 1.83. The molecule has 0 aliphatic heterocycles. The lowest BCUT2D eigenvalue weighted by molar-refractivity contribution is 0.0527. The van der Waals surface area contributed by atoms with E-state index in [0.29, 0.717) is 11.7 Å². The van der Waals surface area contributed by atoms with Gasteiger partial charge >= 0.3 is 5.97 Å². The van der Waals surface area contributed by atoms with Gasteiger partial charge in [-0.05, 0) is 19.1 Å². The quantitative estimate of drug-likeness (QED) is 0.747. The maximum Gasteiger partial charge on any atom is 0.343 e. The second kappa shape index (κ2) is 4.93. The highest BCUT2D eigenvalue weighted by molar-refractivity contribution is 7.20. The summed E-state index contributed by atoms with van der Waals surface area (Å²) in [7, 11) is 0. The van der Waals surface area contributed by atoms with E-state index < -0.39 is 5.97 Å². The fraction of sp³-hybridized carbons (Fsp3) is 0.154. The molecule has 0 saturated carbocycles. The van der Waals surface area contributed by atoms with Crippen LogP contribution in [-0.2, 0) is 4.74 Å². The van der Waals surface area contributed by atoms with E-state index in [0.717, 1.165) is 10.2 Å². The van der Waals surface area contributed by atoms with Crippen LogP contribution in [0.3, 0.4) is 0 Å². The molecule has 0 amide bonds. The molecule has 0 saturated heterocycles. The van der Waals surface area contributed by atoms with Gasteiger partial charge in [-0.3, -0.25) is 0 Å². The molecule has 0 spiro atoms. The normalized spacial score (nSPS) is 10.8. The van der Waals surface area contributed by atoms with Crippen molar-refractivity contribution < 1.29 is 9.53 Å². The third kappa shape index (κ3) is 2.01. The minimum Gasteiger partial charge on any atom is -0.462 e. The molecule has 1 aromatic carbocycles. The number of rotatable bonds is 3. The van der Waals surface area contributed by atoms with Crippen molar-refractivity contribution in [1.29, 1.82) is 0 Å². The van der Waals surface area contributed by atoms with Crippen LogP contribution in [0.25, 0.3) is 15.3 Å². The number of hydrogen-bond donors (Lipinski definition) is 1. The first-order valence-electron chi connectivity index (χ1n) is 6.07. The number of benzene rings is 1. The summed E-state index contributed by atoms with van der Waals surface area (Å²) in [6.07, 6.45) is 1.40. The van der Waals surface area contributed by atoms with Crippen molar-refractivity contribution in [2.24, 2.45) is 0 Å². The Morgan fingerprint density at radius 2 is 2.25 bits per heavy atom. The predicted octanol–water partition coefficient (Wildman–Crippen LogP) is 2.24. The fourth-order valence-corrected chi connectivity index (χ4v) is 2.76. The van der Waals surface area contributed by atoms with E-state index in [1.807, 2.05) is 24.3 Å². The van der Waals surface area contributed by atoms with Crippen LogP contribution in [0.1, 0.15) is 17.3 Å². The van der Waals surface area contributed by atoms with E-state index in [4.69, 9.17) is 10.5 Å². The summed E-state index contributed by atoms with van der Waals surface area (Å²) >= 11 is 1.46. The van der Waals surface area contributed by atoms with Gasteiger partial charge in [0.2, 0.25) is 5.13 Å². The van der Waals surface area contributed by atoms with Gasteiger partial charge in [0, 0.05) is 0 Å². The molecule has 102 valence electrons. The van der Waals surface area contributed by atoms with Crippen LogP contribution in [0.15, 0.2) is 30.5 Å². The topological polar surface area (TPSA) is 83.0 Å².